The molecule has 1 nitrogen and oxygen atoms in total. The van der Waals surface area contributed by atoms with E-state index in [1.165, 1.54) is 44.9 Å². The SMILES string of the molecule is CC(C)(C)CCC1CCCCCC1CN. The van der Waals surface area contributed by atoms with Gasteiger partial charge in [0.2, 0.25) is 0 Å². The van der Waals surface area contributed by atoms with Crippen LogP contribution in [0.25, 0.3) is 0 Å². The molecule has 15 heavy (non-hydrogen) atoms. The van der Waals surface area contributed by atoms with Gasteiger partial charge in [-0.2, -0.15) is 0 Å². The molecule has 0 saturated heterocycles. The van der Waals surface area contributed by atoms with Gasteiger partial charge in [-0.15, -0.1) is 0 Å². The van der Waals surface area contributed by atoms with Crippen LogP contribution in [0.2, 0.25) is 0 Å². The number of nitrogens with two attached hydrogens (primary N) is 1. The summed E-state index contributed by atoms with van der Waals surface area (Å²) in [7, 11) is 0. The van der Waals surface area contributed by atoms with Crippen LogP contribution in [-0.2, 0) is 0 Å². The second-order valence-corrected chi connectivity index (χ2v) is 6.49. The Bertz CT molecular complexity index is 169. The van der Waals surface area contributed by atoms with Crippen LogP contribution in [0.3, 0.4) is 0 Å². The molecule has 1 saturated carbocycles. The lowest BCUT2D eigenvalue weighted by Crippen LogP contribution is -2.23. The molecule has 90 valence electrons. The lowest BCUT2D eigenvalue weighted by atomic mass is 9.79. The van der Waals surface area contributed by atoms with Crippen LogP contribution in [0.5, 0.6) is 0 Å². The fourth-order valence-corrected chi connectivity index (χ4v) is 2.77. The van der Waals surface area contributed by atoms with Crippen molar-refractivity contribution in [2.75, 3.05) is 6.54 Å². The molecule has 0 amide bonds. The van der Waals surface area contributed by atoms with Crippen LogP contribution in [0, 0.1) is 17.3 Å². The minimum atomic E-state index is 0.492. The highest BCUT2D eigenvalue weighted by atomic mass is 14.6. The molecule has 1 aliphatic carbocycles. The Hall–Kier alpha value is -0.0400. The Kier molecular flexibility index (Phi) is 5.11. The van der Waals surface area contributed by atoms with Crippen molar-refractivity contribution in [2.24, 2.45) is 23.0 Å². The summed E-state index contributed by atoms with van der Waals surface area (Å²) in [6.45, 7) is 7.96. The van der Waals surface area contributed by atoms with E-state index in [9.17, 15) is 0 Å². The van der Waals surface area contributed by atoms with Gasteiger partial charge in [0.1, 0.15) is 0 Å². The van der Waals surface area contributed by atoms with Gasteiger partial charge < -0.3 is 5.73 Å². The third-order valence-electron chi connectivity index (χ3n) is 3.88. The van der Waals surface area contributed by atoms with Gasteiger partial charge in [-0.25, -0.2) is 0 Å². The highest BCUT2D eigenvalue weighted by molar-refractivity contribution is 4.76. The molecule has 1 aliphatic rings. The second-order valence-electron chi connectivity index (χ2n) is 6.49. The first-order chi connectivity index (χ1) is 7.03. The molecule has 0 bridgehead atoms. The van der Waals surface area contributed by atoms with Crippen molar-refractivity contribution in [3.8, 4) is 0 Å². The van der Waals surface area contributed by atoms with Crippen molar-refractivity contribution in [1.29, 1.82) is 0 Å². The molecule has 1 rings (SSSR count). The number of hydrogen-bond donors (Lipinski definition) is 1. The predicted molar refractivity (Wildman–Crippen MR) is 67.8 cm³/mol. The average molecular weight is 211 g/mol. The van der Waals surface area contributed by atoms with Gasteiger partial charge in [0.25, 0.3) is 0 Å². The Morgan fingerprint density at radius 1 is 1.00 bits per heavy atom. The van der Waals surface area contributed by atoms with Crippen molar-refractivity contribution >= 4 is 0 Å². The summed E-state index contributed by atoms with van der Waals surface area (Å²) in [6.07, 6.45) is 9.84. The lowest BCUT2D eigenvalue weighted by molar-refractivity contribution is 0.250. The Morgan fingerprint density at radius 2 is 1.60 bits per heavy atom. The van der Waals surface area contributed by atoms with Crippen LogP contribution in [-0.4, -0.2) is 6.54 Å². The standard InChI is InChI=1S/C14H29N/c1-14(2,3)10-9-12-7-5-4-6-8-13(12)11-15/h12-13H,4-11,15H2,1-3H3. The predicted octanol–water partition coefficient (Wildman–Crippen LogP) is 3.97. The summed E-state index contributed by atoms with van der Waals surface area (Å²) in [5.41, 5.74) is 6.39. The first kappa shape index (κ1) is 13.0. The third-order valence-corrected chi connectivity index (χ3v) is 3.88. The Labute approximate surface area is 95.8 Å². The zero-order valence-corrected chi connectivity index (χ0v) is 10.9. The van der Waals surface area contributed by atoms with E-state index in [0.717, 1.165) is 18.4 Å². The van der Waals surface area contributed by atoms with Gasteiger partial charge >= 0.3 is 0 Å². The molecule has 0 radical (unpaired) electrons. The van der Waals surface area contributed by atoms with Gasteiger partial charge in [-0.05, 0) is 43.1 Å². The summed E-state index contributed by atoms with van der Waals surface area (Å²) < 4.78 is 0. The highest BCUT2D eigenvalue weighted by Gasteiger charge is 2.23. The first-order valence-corrected chi connectivity index (χ1v) is 6.73. The van der Waals surface area contributed by atoms with Crippen molar-refractivity contribution < 1.29 is 0 Å². The largest absolute Gasteiger partial charge is 0.330 e. The van der Waals surface area contributed by atoms with Crippen molar-refractivity contribution in [3.63, 3.8) is 0 Å². The summed E-state index contributed by atoms with van der Waals surface area (Å²) in [6, 6.07) is 0. The molecule has 0 aromatic carbocycles. The van der Waals surface area contributed by atoms with Crippen LogP contribution >= 0.6 is 0 Å². The Morgan fingerprint density at radius 3 is 2.13 bits per heavy atom. The van der Waals surface area contributed by atoms with Gasteiger partial charge in [0.05, 0.1) is 0 Å². The highest BCUT2D eigenvalue weighted by Crippen LogP contribution is 2.34. The van der Waals surface area contributed by atoms with E-state index in [4.69, 9.17) is 5.73 Å². The maximum Gasteiger partial charge on any atom is -0.00462 e. The number of hydrogen-bond acceptors (Lipinski definition) is 1. The molecule has 2 unspecified atom stereocenters. The molecule has 1 fully saturated rings. The van der Waals surface area contributed by atoms with Gasteiger partial charge in [-0.1, -0.05) is 46.5 Å². The third kappa shape index (κ3) is 5.01. The van der Waals surface area contributed by atoms with Gasteiger partial charge in [0, 0.05) is 0 Å². The maximum atomic E-state index is 5.90. The molecule has 0 aromatic rings. The lowest BCUT2D eigenvalue weighted by Gasteiger charge is -2.27. The normalized spacial score (nSPS) is 28.8. The van der Waals surface area contributed by atoms with Crippen molar-refractivity contribution in [1.82, 2.24) is 0 Å². The average Bonchev–Trinajstić information content (AvgIpc) is 2.37. The van der Waals surface area contributed by atoms with Crippen LogP contribution < -0.4 is 5.73 Å². The van der Waals surface area contributed by atoms with Crippen molar-refractivity contribution in [2.45, 2.75) is 65.7 Å². The zero-order chi connectivity index (χ0) is 11.3. The molecule has 1 heteroatoms. The number of rotatable bonds is 3. The fraction of sp³-hybridized carbons (Fsp3) is 1.00. The smallest absolute Gasteiger partial charge is 0.00462 e. The van der Waals surface area contributed by atoms with E-state index in [-0.39, 0.29) is 0 Å². The van der Waals surface area contributed by atoms with Gasteiger partial charge in [-0.3, -0.25) is 0 Å². The summed E-state index contributed by atoms with van der Waals surface area (Å²) in [5.74, 6) is 1.73. The summed E-state index contributed by atoms with van der Waals surface area (Å²) in [4.78, 5) is 0. The topological polar surface area (TPSA) is 26.0 Å². The van der Waals surface area contributed by atoms with Crippen LogP contribution in [0.1, 0.15) is 65.7 Å². The van der Waals surface area contributed by atoms with Crippen LogP contribution in [0.15, 0.2) is 0 Å². The van der Waals surface area contributed by atoms with Gasteiger partial charge in [0.15, 0.2) is 0 Å². The van der Waals surface area contributed by atoms with E-state index in [0.29, 0.717) is 5.41 Å². The monoisotopic (exact) mass is 211 g/mol. The molecular weight excluding hydrogens is 182 g/mol. The minimum Gasteiger partial charge on any atom is -0.330 e. The minimum absolute atomic E-state index is 0.492. The van der Waals surface area contributed by atoms with Crippen LogP contribution in [0.4, 0.5) is 0 Å². The second kappa shape index (κ2) is 5.89. The summed E-state index contributed by atoms with van der Waals surface area (Å²) in [5, 5.41) is 0. The molecule has 0 aliphatic heterocycles. The summed E-state index contributed by atoms with van der Waals surface area (Å²) >= 11 is 0. The van der Waals surface area contributed by atoms with E-state index in [2.05, 4.69) is 20.8 Å². The molecule has 0 spiro atoms. The van der Waals surface area contributed by atoms with Crippen molar-refractivity contribution in [3.05, 3.63) is 0 Å². The molecular formula is C14H29N. The molecule has 2 atom stereocenters. The van der Waals surface area contributed by atoms with E-state index >= 15 is 0 Å². The molecule has 0 aromatic heterocycles. The van der Waals surface area contributed by atoms with E-state index < -0.39 is 0 Å². The van der Waals surface area contributed by atoms with E-state index in [1.54, 1.807) is 0 Å². The fourth-order valence-electron chi connectivity index (χ4n) is 2.77. The maximum absolute atomic E-state index is 5.90. The quantitative estimate of drug-likeness (QED) is 0.702. The zero-order valence-electron chi connectivity index (χ0n) is 10.9. The molecule has 0 heterocycles. The first-order valence-electron chi connectivity index (χ1n) is 6.73. The van der Waals surface area contributed by atoms with E-state index in [1.807, 2.05) is 0 Å². The Balaban J connectivity index is 2.41. The molecule has 2 N–H and O–H groups in total.